The summed E-state index contributed by atoms with van der Waals surface area (Å²) in [6.07, 6.45) is 2.67. The summed E-state index contributed by atoms with van der Waals surface area (Å²) in [5, 5.41) is 2.10. The number of hydrogen-bond acceptors (Lipinski definition) is 4. The summed E-state index contributed by atoms with van der Waals surface area (Å²) in [5.74, 6) is 0.678. The highest BCUT2D eigenvalue weighted by molar-refractivity contribution is 7.10. The molecular weight excluding hydrogens is 432 g/mol. The van der Waals surface area contributed by atoms with Crippen molar-refractivity contribution in [2.24, 2.45) is 0 Å². The van der Waals surface area contributed by atoms with Crippen LogP contribution in [0.4, 0.5) is 0 Å². The van der Waals surface area contributed by atoms with Crippen LogP contribution in [0.25, 0.3) is 0 Å². The molecule has 6 heteroatoms. The summed E-state index contributed by atoms with van der Waals surface area (Å²) in [5.41, 5.74) is 2.85. The van der Waals surface area contributed by atoms with Gasteiger partial charge >= 0.3 is 0 Å². The van der Waals surface area contributed by atoms with Gasteiger partial charge in [-0.25, -0.2) is 0 Å². The van der Waals surface area contributed by atoms with Gasteiger partial charge < -0.3 is 14.5 Å². The molecule has 0 bridgehead atoms. The summed E-state index contributed by atoms with van der Waals surface area (Å²) in [6, 6.07) is 19.1. The number of thiophene rings is 1. The lowest BCUT2D eigenvalue weighted by Crippen LogP contribution is -2.47. The molecule has 0 saturated heterocycles. The largest absolute Gasteiger partial charge is 0.497 e. The van der Waals surface area contributed by atoms with Crippen molar-refractivity contribution in [3.8, 4) is 5.75 Å². The van der Waals surface area contributed by atoms with Gasteiger partial charge in [0.2, 0.25) is 5.91 Å². The first kappa shape index (κ1) is 23.1. The van der Waals surface area contributed by atoms with Crippen LogP contribution in [-0.2, 0) is 11.2 Å². The molecule has 0 radical (unpaired) electrons. The first-order valence-corrected chi connectivity index (χ1v) is 12.3. The van der Waals surface area contributed by atoms with Gasteiger partial charge in [-0.15, -0.1) is 11.3 Å². The molecule has 1 aliphatic heterocycles. The van der Waals surface area contributed by atoms with Crippen LogP contribution in [0.3, 0.4) is 0 Å². The fourth-order valence-corrected chi connectivity index (χ4v) is 5.25. The maximum absolute atomic E-state index is 13.7. The third-order valence-electron chi connectivity index (χ3n) is 6.13. The third kappa shape index (κ3) is 5.11. The molecule has 3 aromatic rings. The van der Waals surface area contributed by atoms with Crippen molar-refractivity contribution in [3.63, 3.8) is 0 Å². The van der Waals surface area contributed by atoms with Crippen LogP contribution in [-0.4, -0.2) is 48.4 Å². The molecule has 0 spiro atoms. The average Bonchev–Trinajstić information content (AvgIpc) is 3.35. The number of carbonyl (C=O) groups is 2. The Hall–Kier alpha value is -3.12. The highest BCUT2D eigenvalue weighted by Gasteiger charge is 2.34. The Bertz CT molecular complexity index is 1080. The molecule has 4 rings (SSSR count). The SMILES string of the molecule is CCCCN(CC(=O)N1CCc2sccc2C1c1ccc(OC)cc1)C(=O)c1ccccc1. The Labute approximate surface area is 199 Å². The molecule has 0 fully saturated rings. The van der Waals surface area contributed by atoms with E-state index >= 15 is 0 Å². The molecule has 0 aliphatic carbocycles. The molecule has 5 nitrogen and oxygen atoms in total. The fraction of sp³-hybridized carbons (Fsp3) is 0.333. The summed E-state index contributed by atoms with van der Waals surface area (Å²) in [4.78, 5) is 31.8. The molecule has 172 valence electrons. The van der Waals surface area contributed by atoms with E-state index in [0.717, 1.165) is 30.6 Å². The van der Waals surface area contributed by atoms with Crippen LogP contribution in [0.1, 0.15) is 52.2 Å². The molecule has 1 aromatic heterocycles. The van der Waals surface area contributed by atoms with Crippen LogP contribution < -0.4 is 4.74 Å². The predicted molar refractivity (Wildman–Crippen MR) is 132 cm³/mol. The number of hydrogen-bond donors (Lipinski definition) is 0. The summed E-state index contributed by atoms with van der Waals surface area (Å²) in [6.45, 7) is 3.39. The van der Waals surface area contributed by atoms with Crippen molar-refractivity contribution in [1.82, 2.24) is 9.80 Å². The monoisotopic (exact) mass is 462 g/mol. The van der Waals surface area contributed by atoms with E-state index in [-0.39, 0.29) is 24.4 Å². The first-order chi connectivity index (χ1) is 16.1. The minimum absolute atomic E-state index is 0.0203. The number of fused-ring (bicyclic) bond motifs is 1. The molecule has 1 aliphatic rings. The van der Waals surface area contributed by atoms with E-state index in [2.05, 4.69) is 18.4 Å². The molecule has 0 N–H and O–H groups in total. The molecule has 1 atom stereocenters. The highest BCUT2D eigenvalue weighted by Crippen LogP contribution is 2.38. The normalized spacial score (nSPS) is 15.1. The minimum Gasteiger partial charge on any atom is -0.497 e. The lowest BCUT2D eigenvalue weighted by atomic mass is 9.93. The van der Waals surface area contributed by atoms with Gasteiger partial charge in [0, 0.05) is 23.5 Å². The molecule has 0 saturated carbocycles. The minimum atomic E-state index is -0.154. The van der Waals surface area contributed by atoms with Gasteiger partial charge in [0.15, 0.2) is 0 Å². The van der Waals surface area contributed by atoms with Gasteiger partial charge in [-0.05, 0) is 59.7 Å². The van der Waals surface area contributed by atoms with Crippen molar-refractivity contribution in [1.29, 1.82) is 0 Å². The van der Waals surface area contributed by atoms with Crippen molar-refractivity contribution in [3.05, 3.63) is 87.6 Å². The zero-order valence-corrected chi connectivity index (χ0v) is 20.0. The number of amides is 2. The number of unbranched alkanes of at least 4 members (excludes halogenated alkanes) is 1. The van der Waals surface area contributed by atoms with Gasteiger partial charge in [0.05, 0.1) is 13.2 Å². The summed E-state index contributed by atoms with van der Waals surface area (Å²) in [7, 11) is 1.65. The molecule has 2 amide bonds. The second-order valence-electron chi connectivity index (χ2n) is 8.26. The fourth-order valence-electron chi connectivity index (χ4n) is 4.35. The Kier molecular flexibility index (Phi) is 7.45. The Balaban J connectivity index is 1.60. The van der Waals surface area contributed by atoms with Gasteiger partial charge in [-0.3, -0.25) is 9.59 Å². The van der Waals surface area contributed by atoms with Crippen molar-refractivity contribution >= 4 is 23.2 Å². The standard InChI is InChI=1S/C27H30N2O3S/c1-3-4-16-28(27(31)21-8-6-5-7-9-21)19-25(30)29-17-14-24-23(15-18-33-24)26(29)20-10-12-22(32-2)13-11-20/h5-13,15,18,26H,3-4,14,16-17,19H2,1-2H3. The predicted octanol–water partition coefficient (Wildman–Crippen LogP) is 5.17. The summed E-state index contributed by atoms with van der Waals surface area (Å²) >= 11 is 1.75. The quantitative estimate of drug-likeness (QED) is 0.464. The molecule has 2 heterocycles. The topological polar surface area (TPSA) is 49.9 Å². The van der Waals surface area contributed by atoms with Gasteiger partial charge in [0.25, 0.3) is 5.91 Å². The average molecular weight is 463 g/mol. The van der Waals surface area contributed by atoms with E-state index in [0.29, 0.717) is 18.7 Å². The Morgan fingerprint density at radius 3 is 2.55 bits per heavy atom. The smallest absolute Gasteiger partial charge is 0.254 e. The van der Waals surface area contributed by atoms with Gasteiger partial charge in [0.1, 0.15) is 12.3 Å². The van der Waals surface area contributed by atoms with Crippen molar-refractivity contribution < 1.29 is 14.3 Å². The number of benzene rings is 2. The van der Waals surface area contributed by atoms with Crippen LogP contribution in [0, 0.1) is 0 Å². The van der Waals surface area contributed by atoms with E-state index in [1.54, 1.807) is 23.3 Å². The van der Waals surface area contributed by atoms with E-state index in [4.69, 9.17) is 4.74 Å². The Morgan fingerprint density at radius 2 is 1.85 bits per heavy atom. The van der Waals surface area contributed by atoms with Crippen LogP contribution >= 0.6 is 11.3 Å². The second kappa shape index (κ2) is 10.7. The molecule has 33 heavy (non-hydrogen) atoms. The maximum atomic E-state index is 13.7. The lowest BCUT2D eigenvalue weighted by molar-refractivity contribution is -0.134. The summed E-state index contributed by atoms with van der Waals surface area (Å²) < 4.78 is 5.32. The Morgan fingerprint density at radius 1 is 1.09 bits per heavy atom. The van der Waals surface area contributed by atoms with Crippen LogP contribution in [0.15, 0.2) is 66.0 Å². The number of ether oxygens (including phenoxy) is 1. The molecule has 2 aromatic carbocycles. The van der Waals surface area contributed by atoms with E-state index < -0.39 is 0 Å². The molecule has 1 unspecified atom stereocenters. The zero-order valence-electron chi connectivity index (χ0n) is 19.2. The maximum Gasteiger partial charge on any atom is 0.254 e. The zero-order chi connectivity index (χ0) is 23.2. The number of methoxy groups -OCH3 is 1. The number of nitrogens with zero attached hydrogens (tertiary/aromatic N) is 2. The van der Waals surface area contributed by atoms with Gasteiger partial charge in [-0.1, -0.05) is 43.7 Å². The van der Waals surface area contributed by atoms with E-state index in [1.807, 2.05) is 59.5 Å². The van der Waals surface area contributed by atoms with E-state index in [1.165, 1.54) is 10.4 Å². The van der Waals surface area contributed by atoms with Crippen molar-refractivity contribution in [2.45, 2.75) is 32.2 Å². The molecular formula is C27H30N2O3S. The van der Waals surface area contributed by atoms with Crippen molar-refractivity contribution in [2.75, 3.05) is 26.7 Å². The lowest BCUT2D eigenvalue weighted by Gasteiger charge is -2.37. The highest BCUT2D eigenvalue weighted by atomic mass is 32.1. The van der Waals surface area contributed by atoms with Crippen LogP contribution in [0.5, 0.6) is 5.75 Å². The van der Waals surface area contributed by atoms with Crippen LogP contribution in [0.2, 0.25) is 0 Å². The third-order valence-corrected chi connectivity index (χ3v) is 7.13. The number of rotatable bonds is 8. The number of carbonyl (C=O) groups excluding carboxylic acids is 2. The second-order valence-corrected chi connectivity index (χ2v) is 9.26. The van der Waals surface area contributed by atoms with E-state index in [9.17, 15) is 9.59 Å². The first-order valence-electron chi connectivity index (χ1n) is 11.5. The van der Waals surface area contributed by atoms with Gasteiger partial charge in [-0.2, -0.15) is 0 Å².